The SMILES string of the molecule is CC1CCN(C(=O)[C@@](C)(NC(=O)OC(C)(C)C)N(C)C)CC1. The van der Waals surface area contributed by atoms with E-state index in [1.54, 1.807) is 46.7 Å². The van der Waals surface area contributed by atoms with Gasteiger partial charge in [0, 0.05) is 13.1 Å². The number of nitrogens with one attached hydrogen (secondary N) is 1. The van der Waals surface area contributed by atoms with Gasteiger partial charge in [0.2, 0.25) is 0 Å². The number of nitrogens with zero attached hydrogens (tertiary/aromatic N) is 2. The summed E-state index contributed by atoms with van der Waals surface area (Å²) in [5.74, 6) is 0.559. The van der Waals surface area contributed by atoms with Gasteiger partial charge in [0.05, 0.1) is 0 Å². The second-order valence-electron chi connectivity index (χ2n) is 7.57. The average Bonchev–Trinajstić information content (AvgIpc) is 2.36. The highest BCUT2D eigenvalue weighted by Gasteiger charge is 2.42. The molecule has 1 rings (SSSR count). The van der Waals surface area contributed by atoms with Crippen LogP contribution in [0.5, 0.6) is 0 Å². The van der Waals surface area contributed by atoms with Crippen molar-refractivity contribution in [3.63, 3.8) is 0 Å². The zero-order valence-electron chi connectivity index (χ0n) is 15.0. The minimum Gasteiger partial charge on any atom is -0.444 e. The number of amides is 2. The predicted octanol–water partition coefficient (Wildman–Crippen LogP) is 2.05. The van der Waals surface area contributed by atoms with Gasteiger partial charge in [-0.3, -0.25) is 15.0 Å². The summed E-state index contributed by atoms with van der Waals surface area (Å²) in [6, 6.07) is 0. The van der Waals surface area contributed by atoms with Gasteiger partial charge in [0.1, 0.15) is 5.60 Å². The van der Waals surface area contributed by atoms with Gasteiger partial charge in [-0.25, -0.2) is 4.79 Å². The van der Waals surface area contributed by atoms with Crippen LogP contribution in [0.3, 0.4) is 0 Å². The Kier molecular flexibility index (Phi) is 5.84. The fourth-order valence-electron chi connectivity index (χ4n) is 2.38. The Labute approximate surface area is 134 Å². The largest absolute Gasteiger partial charge is 0.444 e. The molecule has 0 saturated carbocycles. The van der Waals surface area contributed by atoms with Gasteiger partial charge >= 0.3 is 6.09 Å². The molecule has 1 saturated heterocycles. The summed E-state index contributed by atoms with van der Waals surface area (Å²) in [6.45, 7) is 10.8. The molecule has 0 radical (unpaired) electrons. The van der Waals surface area contributed by atoms with Crippen molar-refractivity contribution in [2.24, 2.45) is 5.92 Å². The Morgan fingerprint density at radius 1 is 1.14 bits per heavy atom. The molecule has 1 fully saturated rings. The van der Waals surface area contributed by atoms with Crippen LogP contribution >= 0.6 is 0 Å². The van der Waals surface area contributed by atoms with E-state index in [0.29, 0.717) is 5.92 Å². The zero-order valence-corrected chi connectivity index (χ0v) is 15.0. The van der Waals surface area contributed by atoms with E-state index in [0.717, 1.165) is 25.9 Å². The summed E-state index contributed by atoms with van der Waals surface area (Å²) in [5, 5.41) is 2.73. The lowest BCUT2D eigenvalue weighted by Crippen LogP contribution is -2.66. The maximum Gasteiger partial charge on any atom is 0.409 e. The maximum atomic E-state index is 12.9. The van der Waals surface area contributed by atoms with E-state index in [1.807, 2.05) is 4.90 Å². The summed E-state index contributed by atoms with van der Waals surface area (Å²) in [6.07, 6.45) is 1.42. The molecule has 0 aromatic heterocycles. The molecule has 1 N–H and O–H groups in total. The molecule has 128 valence electrons. The van der Waals surface area contributed by atoms with Gasteiger partial charge in [-0.15, -0.1) is 0 Å². The van der Waals surface area contributed by atoms with Crippen molar-refractivity contribution >= 4 is 12.0 Å². The summed E-state index contributed by atoms with van der Waals surface area (Å²) >= 11 is 0. The number of carbonyl (C=O) groups is 2. The Bertz CT molecular complexity index is 409. The number of hydrogen-bond donors (Lipinski definition) is 1. The number of likely N-dealkylation sites (tertiary alicyclic amines) is 1. The molecule has 0 aromatic rings. The van der Waals surface area contributed by atoms with Crippen LogP contribution in [0.15, 0.2) is 0 Å². The minimum absolute atomic E-state index is 0.0877. The highest BCUT2D eigenvalue weighted by atomic mass is 16.6. The predicted molar refractivity (Wildman–Crippen MR) is 86.4 cm³/mol. The Hall–Kier alpha value is -1.30. The first-order valence-electron chi connectivity index (χ1n) is 7.93. The van der Waals surface area contributed by atoms with Crippen molar-refractivity contribution in [3.8, 4) is 0 Å². The Morgan fingerprint density at radius 3 is 2.05 bits per heavy atom. The van der Waals surface area contributed by atoms with Crippen LogP contribution in [0.4, 0.5) is 4.79 Å². The van der Waals surface area contributed by atoms with E-state index in [4.69, 9.17) is 4.74 Å². The summed E-state index contributed by atoms with van der Waals surface area (Å²) in [7, 11) is 3.56. The number of ether oxygens (including phenoxy) is 1. The monoisotopic (exact) mass is 313 g/mol. The molecule has 0 bridgehead atoms. The maximum absolute atomic E-state index is 12.9. The van der Waals surface area contributed by atoms with Crippen LogP contribution in [0.2, 0.25) is 0 Å². The summed E-state index contributed by atoms with van der Waals surface area (Å²) < 4.78 is 5.29. The van der Waals surface area contributed by atoms with Gasteiger partial charge < -0.3 is 9.64 Å². The normalized spacial score (nSPS) is 19.7. The fraction of sp³-hybridized carbons (Fsp3) is 0.875. The van der Waals surface area contributed by atoms with Crippen LogP contribution < -0.4 is 5.32 Å². The molecule has 6 heteroatoms. The van der Waals surface area contributed by atoms with E-state index >= 15 is 0 Å². The molecule has 1 atom stereocenters. The van der Waals surface area contributed by atoms with E-state index in [-0.39, 0.29) is 5.91 Å². The first-order valence-corrected chi connectivity index (χ1v) is 7.93. The van der Waals surface area contributed by atoms with Crippen molar-refractivity contribution in [2.75, 3.05) is 27.2 Å². The van der Waals surface area contributed by atoms with Gasteiger partial charge in [0.15, 0.2) is 5.66 Å². The van der Waals surface area contributed by atoms with Crippen molar-refractivity contribution in [1.82, 2.24) is 15.1 Å². The standard InChI is InChI=1S/C16H31N3O3/c1-12-8-10-19(11-9-12)13(20)16(5,18(6)7)17-14(21)22-15(2,3)4/h12H,8-11H2,1-7H3,(H,17,21)/t16-/m0/s1. The van der Waals surface area contributed by atoms with Crippen LogP contribution in [0.25, 0.3) is 0 Å². The van der Waals surface area contributed by atoms with E-state index in [9.17, 15) is 9.59 Å². The van der Waals surface area contributed by atoms with Crippen molar-refractivity contribution in [3.05, 3.63) is 0 Å². The van der Waals surface area contributed by atoms with Gasteiger partial charge in [-0.2, -0.15) is 0 Å². The number of likely N-dealkylation sites (N-methyl/N-ethyl adjacent to an activating group) is 1. The molecule has 1 heterocycles. The van der Waals surface area contributed by atoms with Crippen LogP contribution in [-0.4, -0.2) is 60.2 Å². The van der Waals surface area contributed by atoms with Crippen LogP contribution in [0, 0.1) is 5.92 Å². The molecule has 0 spiro atoms. The van der Waals surface area contributed by atoms with E-state index in [2.05, 4.69) is 12.2 Å². The third-order valence-electron chi connectivity index (χ3n) is 4.13. The van der Waals surface area contributed by atoms with E-state index in [1.165, 1.54) is 0 Å². The molecule has 6 nitrogen and oxygen atoms in total. The third-order valence-corrected chi connectivity index (χ3v) is 4.13. The fourth-order valence-corrected chi connectivity index (χ4v) is 2.38. The lowest BCUT2D eigenvalue weighted by Gasteiger charge is -2.41. The number of alkyl carbamates (subject to hydrolysis) is 1. The molecule has 0 aromatic carbocycles. The zero-order chi connectivity index (χ0) is 17.1. The van der Waals surface area contributed by atoms with Crippen LogP contribution in [-0.2, 0) is 9.53 Å². The second kappa shape index (κ2) is 6.86. The molecule has 22 heavy (non-hydrogen) atoms. The molecule has 2 amide bonds. The first-order chi connectivity index (χ1) is 9.95. The summed E-state index contributed by atoms with van der Waals surface area (Å²) in [5.41, 5.74) is -1.70. The molecular formula is C16H31N3O3. The highest BCUT2D eigenvalue weighted by Crippen LogP contribution is 2.21. The topological polar surface area (TPSA) is 61.9 Å². The second-order valence-corrected chi connectivity index (χ2v) is 7.57. The van der Waals surface area contributed by atoms with Gasteiger partial charge in [-0.05, 0) is 60.5 Å². The lowest BCUT2D eigenvalue weighted by atomic mass is 9.98. The minimum atomic E-state index is -1.11. The van der Waals surface area contributed by atoms with Crippen molar-refractivity contribution in [2.45, 2.75) is 58.7 Å². The quantitative estimate of drug-likeness (QED) is 0.810. The summed E-state index contributed by atoms with van der Waals surface area (Å²) in [4.78, 5) is 28.5. The molecule has 0 aliphatic carbocycles. The van der Waals surface area contributed by atoms with Gasteiger partial charge in [0.25, 0.3) is 5.91 Å². The number of piperidine rings is 1. The smallest absolute Gasteiger partial charge is 0.409 e. The molecule has 0 unspecified atom stereocenters. The highest BCUT2D eigenvalue weighted by molar-refractivity contribution is 5.89. The third kappa shape index (κ3) is 4.87. The van der Waals surface area contributed by atoms with Crippen LogP contribution in [0.1, 0.15) is 47.5 Å². The molecule has 1 aliphatic rings. The Balaban J connectivity index is 2.81. The first kappa shape index (κ1) is 18.7. The number of hydrogen-bond acceptors (Lipinski definition) is 4. The Morgan fingerprint density at radius 2 is 1.64 bits per heavy atom. The van der Waals surface area contributed by atoms with E-state index < -0.39 is 17.4 Å². The lowest BCUT2D eigenvalue weighted by molar-refractivity contribution is -0.145. The number of carbonyl (C=O) groups excluding carboxylic acids is 2. The number of rotatable bonds is 3. The van der Waals surface area contributed by atoms with Crippen molar-refractivity contribution < 1.29 is 14.3 Å². The average molecular weight is 313 g/mol. The van der Waals surface area contributed by atoms with Crippen molar-refractivity contribution in [1.29, 1.82) is 0 Å². The molecule has 1 aliphatic heterocycles. The van der Waals surface area contributed by atoms with Gasteiger partial charge in [-0.1, -0.05) is 6.92 Å². The molecular weight excluding hydrogens is 282 g/mol.